The molecule has 1 unspecified atom stereocenters. The van der Waals surface area contributed by atoms with Crippen molar-refractivity contribution >= 4 is 17.3 Å². The second-order valence-corrected chi connectivity index (χ2v) is 4.95. The minimum Gasteiger partial charge on any atom is -0.468 e. The SMILES string of the molecule is COC(=O)C(N)Cc1cnc(-c2ccccc2)s1. The van der Waals surface area contributed by atoms with Crippen molar-refractivity contribution in [3.63, 3.8) is 0 Å². The molecule has 0 aliphatic rings. The maximum Gasteiger partial charge on any atom is 0.323 e. The van der Waals surface area contributed by atoms with Gasteiger partial charge in [0.1, 0.15) is 11.0 Å². The first kappa shape index (κ1) is 12.7. The number of rotatable bonds is 4. The lowest BCUT2D eigenvalue weighted by Gasteiger charge is -2.06. The Balaban J connectivity index is 2.09. The van der Waals surface area contributed by atoms with Gasteiger partial charge >= 0.3 is 5.97 Å². The van der Waals surface area contributed by atoms with Crippen molar-refractivity contribution in [2.75, 3.05) is 7.11 Å². The molecule has 2 N–H and O–H groups in total. The van der Waals surface area contributed by atoms with Gasteiger partial charge in [-0.3, -0.25) is 4.79 Å². The fraction of sp³-hybridized carbons (Fsp3) is 0.231. The molecule has 0 spiro atoms. The first-order valence-electron chi connectivity index (χ1n) is 5.54. The molecule has 1 aromatic heterocycles. The fourth-order valence-electron chi connectivity index (χ4n) is 1.57. The number of ether oxygens (including phenoxy) is 1. The maximum absolute atomic E-state index is 11.2. The van der Waals surface area contributed by atoms with E-state index in [0.29, 0.717) is 6.42 Å². The number of nitrogens with zero attached hydrogens (tertiary/aromatic N) is 1. The van der Waals surface area contributed by atoms with Gasteiger partial charge < -0.3 is 10.5 Å². The summed E-state index contributed by atoms with van der Waals surface area (Å²) in [6.45, 7) is 0. The summed E-state index contributed by atoms with van der Waals surface area (Å²) >= 11 is 1.54. The molecule has 0 radical (unpaired) electrons. The lowest BCUT2D eigenvalue weighted by atomic mass is 10.2. The summed E-state index contributed by atoms with van der Waals surface area (Å²) in [5.41, 5.74) is 6.78. The van der Waals surface area contributed by atoms with Gasteiger partial charge in [-0.15, -0.1) is 11.3 Å². The Labute approximate surface area is 109 Å². The molecular weight excluding hydrogens is 248 g/mol. The quantitative estimate of drug-likeness (QED) is 0.854. The number of hydrogen-bond acceptors (Lipinski definition) is 5. The molecule has 0 saturated heterocycles. The largest absolute Gasteiger partial charge is 0.468 e. The second kappa shape index (κ2) is 5.75. The molecule has 0 aliphatic carbocycles. The zero-order chi connectivity index (χ0) is 13.0. The van der Waals surface area contributed by atoms with E-state index < -0.39 is 12.0 Å². The molecule has 0 saturated carbocycles. The lowest BCUT2D eigenvalue weighted by Crippen LogP contribution is -2.33. The van der Waals surface area contributed by atoms with E-state index in [-0.39, 0.29) is 0 Å². The van der Waals surface area contributed by atoms with Crippen molar-refractivity contribution in [2.45, 2.75) is 12.5 Å². The highest BCUT2D eigenvalue weighted by molar-refractivity contribution is 7.15. The predicted octanol–water partition coefficient (Wildman–Crippen LogP) is 1.85. The number of carbonyl (C=O) groups is 1. The zero-order valence-corrected chi connectivity index (χ0v) is 10.8. The van der Waals surface area contributed by atoms with Crippen molar-refractivity contribution in [3.8, 4) is 10.6 Å². The summed E-state index contributed by atoms with van der Waals surface area (Å²) < 4.78 is 4.60. The van der Waals surface area contributed by atoms with Gasteiger partial charge in [0, 0.05) is 23.1 Å². The standard InChI is InChI=1S/C13H14N2O2S/c1-17-13(16)11(14)7-10-8-15-12(18-10)9-5-3-2-4-6-9/h2-6,8,11H,7,14H2,1H3. The lowest BCUT2D eigenvalue weighted by molar-refractivity contribution is -0.142. The van der Waals surface area contributed by atoms with Crippen LogP contribution < -0.4 is 5.73 Å². The highest BCUT2D eigenvalue weighted by Crippen LogP contribution is 2.25. The summed E-state index contributed by atoms with van der Waals surface area (Å²) in [6.07, 6.45) is 2.22. The number of hydrogen-bond donors (Lipinski definition) is 1. The number of methoxy groups -OCH3 is 1. The van der Waals surface area contributed by atoms with Crippen molar-refractivity contribution in [1.82, 2.24) is 4.98 Å². The van der Waals surface area contributed by atoms with Crippen LogP contribution in [0.1, 0.15) is 4.88 Å². The summed E-state index contributed by atoms with van der Waals surface area (Å²) in [4.78, 5) is 16.5. The molecule has 2 rings (SSSR count). The number of carbonyl (C=O) groups excluding carboxylic acids is 1. The molecule has 0 bridgehead atoms. The molecular formula is C13H14N2O2S. The average Bonchev–Trinajstić information content (AvgIpc) is 2.87. The van der Waals surface area contributed by atoms with Gasteiger partial charge in [-0.25, -0.2) is 4.98 Å². The Bertz CT molecular complexity index is 525. The molecule has 0 amide bonds. The van der Waals surface area contributed by atoms with E-state index in [1.165, 1.54) is 7.11 Å². The highest BCUT2D eigenvalue weighted by atomic mass is 32.1. The number of esters is 1. The van der Waals surface area contributed by atoms with Crippen LogP contribution in [-0.2, 0) is 16.0 Å². The summed E-state index contributed by atoms with van der Waals surface area (Å²) in [5.74, 6) is -0.398. The Morgan fingerprint density at radius 1 is 1.44 bits per heavy atom. The van der Waals surface area contributed by atoms with E-state index >= 15 is 0 Å². The molecule has 94 valence electrons. The molecule has 1 heterocycles. The van der Waals surface area contributed by atoms with Crippen LogP contribution in [0.2, 0.25) is 0 Å². The molecule has 5 heteroatoms. The molecule has 18 heavy (non-hydrogen) atoms. The van der Waals surface area contributed by atoms with Crippen LogP contribution in [0.15, 0.2) is 36.5 Å². The van der Waals surface area contributed by atoms with Gasteiger partial charge in [0.15, 0.2) is 0 Å². The van der Waals surface area contributed by atoms with Crippen LogP contribution in [0, 0.1) is 0 Å². The number of thiazole rings is 1. The van der Waals surface area contributed by atoms with Gasteiger partial charge in [0.25, 0.3) is 0 Å². The molecule has 0 aliphatic heterocycles. The molecule has 4 nitrogen and oxygen atoms in total. The first-order chi connectivity index (χ1) is 8.70. The van der Waals surface area contributed by atoms with Crippen LogP contribution in [0.25, 0.3) is 10.6 Å². The first-order valence-corrected chi connectivity index (χ1v) is 6.36. The van der Waals surface area contributed by atoms with Crippen LogP contribution >= 0.6 is 11.3 Å². The third kappa shape index (κ3) is 2.94. The van der Waals surface area contributed by atoms with Gasteiger partial charge in [0.05, 0.1) is 7.11 Å². The van der Waals surface area contributed by atoms with Crippen LogP contribution in [0.5, 0.6) is 0 Å². The average molecular weight is 262 g/mol. The predicted molar refractivity (Wildman–Crippen MR) is 71.2 cm³/mol. The maximum atomic E-state index is 11.2. The molecule has 1 atom stereocenters. The zero-order valence-electron chi connectivity index (χ0n) is 10.00. The summed E-state index contributed by atoms with van der Waals surface area (Å²) in [7, 11) is 1.34. The third-order valence-electron chi connectivity index (χ3n) is 2.50. The van der Waals surface area contributed by atoms with E-state index in [2.05, 4.69) is 9.72 Å². The van der Waals surface area contributed by atoms with Gasteiger partial charge in [-0.2, -0.15) is 0 Å². The van der Waals surface area contributed by atoms with Crippen LogP contribution in [0.4, 0.5) is 0 Å². The fourth-order valence-corrected chi connectivity index (χ4v) is 2.54. The monoisotopic (exact) mass is 262 g/mol. The van der Waals surface area contributed by atoms with Crippen molar-refractivity contribution < 1.29 is 9.53 Å². The van der Waals surface area contributed by atoms with Crippen molar-refractivity contribution in [1.29, 1.82) is 0 Å². The van der Waals surface area contributed by atoms with Gasteiger partial charge in [-0.1, -0.05) is 30.3 Å². The van der Waals surface area contributed by atoms with Crippen LogP contribution in [0.3, 0.4) is 0 Å². The summed E-state index contributed by atoms with van der Waals surface area (Å²) in [5, 5.41) is 0.933. The van der Waals surface area contributed by atoms with E-state index in [4.69, 9.17) is 5.73 Å². The van der Waals surface area contributed by atoms with Crippen molar-refractivity contribution in [2.24, 2.45) is 5.73 Å². The van der Waals surface area contributed by atoms with E-state index in [0.717, 1.165) is 15.4 Å². The number of aromatic nitrogens is 1. The third-order valence-corrected chi connectivity index (χ3v) is 3.57. The number of benzene rings is 1. The van der Waals surface area contributed by atoms with E-state index in [1.54, 1.807) is 17.5 Å². The van der Waals surface area contributed by atoms with Crippen LogP contribution in [-0.4, -0.2) is 24.1 Å². The minimum absolute atomic E-state index is 0.398. The highest BCUT2D eigenvalue weighted by Gasteiger charge is 2.16. The Kier molecular flexibility index (Phi) is 4.07. The topological polar surface area (TPSA) is 65.2 Å². The Morgan fingerprint density at radius 3 is 2.83 bits per heavy atom. The summed E-state index contributed by atoms with van der Waals surface area (Å²) in [6, 6.07) is 9.28. The molecule has 1 aromatic carbocycles. The number of nitrogens with two attached hydrogens (primary N) is 1. The normalized spacial score (nSPS) is 12.1. The molecule has 2 aromatic rings. The minimum atomic E-state index is -0.626. The Hall–Kier alpha value is -1.72. The van der Waals surface area contributed by atoms with Crippen molar-refractivity contribution in [3.05, 3.63) is 41.4 Å². The van der Waals surface area contributed by atoms with E-state index in [1.807, 2.05) is 30.3 Å². The molecule has 0 fully saturated rings. The van der Waals surface area contributed by atoms with Gasteiger partial charge in [0.2, 0.25) is 0 Å². The smallest absolute Gasteiger partial charge is 0.323 e. The Morgan fingerprint density at radius 2 is 2.17 bits per heavy atom. The second-order valence-electron chi connectivity index (χ2n) is 3.83. The van der Waals surface area contributed by atoms with E-state index in [9.17, 15) is 4.79 Å². The van der Waals surface area contributed by atoms with Gasteiger partial charge in [-0.05, 0) is 0 Å².